The van der Waals surface area contributed by atoms with Crippen LogP contribution in [0.4, 0.5) is 0 Å². The Morgan fingerprint density at radius 3 is 1.82 bits per heavy atom. The fraction of sp³-hybridized carbons (Fsp3) is 0.0345. The topological polar surface area (TPSA) is 55.1 Å². The maximum absolute atomic E-state index is 13.2. The van der Waals surface area contributed by atoms with Gasteiger partial charge in [0.15, 0.2) is 0 Å². The normalized spacial score (nSPS) is 10.8. The Morgan fingerprint density at radius 1 is 0.636 bits per heavy atom. The van der Waals surface area contributed by atoms with Crippen molar-refractivity contribution in [1.82, 2.24) is 9.71 Å². The number of benzene rings is 4. The molecule has 0 unspecified atom stereocenters. The van der Waals surface area contributed by atoms with Gasteiger partial charge in [0.2, 0.25) is 0 Å². The van der Waals surface area contributed by atoms with Gasteiger partial charge in [-0.3, -0.25) is 4.79 Å². The van der Waals surface area contributed by atoms with E-state index in [-0.39, 0.29) is 0 Å². The van der Waals surface area contributed by atoms with Crippen LogP contribution in [0.1, 0.15) is 11.3 Å². The van der Waals surface area contributed by atoms with E-state index in [0.29, 0.717) is 23.5 Å². The maximum atomic E-state index is 13.2. The van der Waals surface area contributed by atoms with E-state index in [1.807, 2.05) is 97.1 Å². The van der Waals surface area contributed by atoms with Crippen molar-refractivity contribution in [3.05, 3.63) is 137 Å². The first kappa shape index (κ1) is 20.5. The molecule has 4 heteroatoms. The van der Waals surface area contributed by atoms with E-state index >= 15 is 0 Å². The highest BCUT2D eigenvalue weighted by Crippen LogP contribution is 2.29. The van der Waals surface area contributed by atoms with E-state index < -0.39 is 5.56 Å². The Hall–Kier alpha value is -4.44. The SMILES string of the molecule is O=c1c(Cc2cccc(-c3ccccc3)c2)nc(-c2ccccc2)c(-c2ccccc2)n1O. The first-order chi connectivity index (χ1) is 16.2. The van der Waals surface area contributed by atoms with Gasteiger partial charge < -0.3 is 5.21 Å². The molecule has 5 aromatic rings. The Morgan fingerprint density at radius 2 is 1.18 bits per heavy atom. The summed E-state index contributed by atoms with van der Waals surface area (Å²) in [5.74, 6) is 0. The van der Waals surface area contributed by atoms with Crippen LogP contribution >= 0.6 is 0 Å². The van der Waals surface area contributed by atoms with E-state index in [1.165, 1.54) is 0 Å². The lowest BCUT2D eigenvalue weighted by atomic mass is 10.00. The van der Waals surface area contributed by atoms with E-state index in [4.69, 9.17) is 4.98 Å². The minimum absolute atomic E-state index is 0.293. The summed E-state index contributed by atoms with van der Waals surface area (Å²) in [5.41, 5.74) is 5.41. The first-order valence-electron chi connectivity index (χ1n) is 10.8. The molecule has 0 radical (unpaired) electrons. The average molecular weight is 431 g/mol. The van der Waals surface area contributed by atoms with Gasteiger partial charge in [0.05, 0.1) is 5.69 Å². The van der Waals surface area contributed by atoms with Gasteiger partial charge in [-0.05, 0) is 16.7 Å². The molecule has 0 amide bonds. The highest BCUT2D eigenvalue weighted by molar-refractivity contribution is 5.78. The molecule has 33 heavy (non-hydrogen) atoms. The van der Waals surface area contributed by atoms with Crippen LogP contribution in [0.2, 0.25) is 0 Å². The summed E-state index contributed by atoms with van der Waals surface area (Å²) in [6.45, 7) is 0. The summed E-state index contributed by atoms with van der Waals surface area (Å²) in [6, 6.07) is 37.1. The number of hydrogen-bond acceptors (Lipinski definition) is 3. The Bertz CT molecular complexity index is 1440. The Balaban J connectivity index is 1.63. The van der Waals surface area contributed by atoms with Crippen LogP contribution in [0.3, 0.4) is 0 Å². The van der Waals surface area contributed by atoms with Crippen molar-refractivity contribution in [3.8, 4) is 33.6 Å². The lowest BCUT2D eigenvalue weighted by Gasteiger charge is -2.15. The van der Waals surface area contributed by atoms with Crippen LogP contribution in [0, 0.1) is 0 Å². The lowest BCUT2D eigenvalue weighted by Crippen LogP contribution is -2.26. The molecule has 4 aromatic carbocycles. The van der Waals surface area contributed by atoms with E-state index in [2.05, 4.69) is 18.2 Å². The Kier molecular flexibility index (Phi) is 5.56. The smallest absolute Gasteiger partial charge is 0.305 e. The molecule has 160 valence electrons. The molecule has 0 saturated carbocycles. The second kappa shape index (κ2) is 8.97. The van der Waals surface area contributed by atoms with Crippen molar-refractivity contribution in [2.75, 3.05) is 0 Å². The van der Waals surface area contributed by atoms with Crippen LogP contribution in [-0.2, 0) is 6.42 Å². The molecule has 0 aliphatic carbocycles. The van der Waals surface area contributed by atoms with Crippen molar-refractivity contribution in [3.63, 3.8) is 0 Å². The summed E-state index contributed by atoms with van der Waals surface area (Å²) in [5, 5.41) is 10.9. The molecule has 0 saturated heterocycles. The van der Waals surface area contributed by atoms with Crippen molar-refractivity contribution in [2.24, 2.45) is 0 Å². The average Bonchev–Trinajstić information content (AvgIpc) is 2.88. The minimum atomic E-state index is -0.515. The van der Waals surface area contributed by atoms with Crippen LogP contribution in [0.5, 0.6) is 0 Å². The fourth-order valence-corrected chi connectivity index (χ4v) is 4.01. The number of nitrogens with zero attached hydrogens (tertiary/aromatic N) is 2. The van der Waals surface area contributed by atoms with E-state index in [1.54, 1.807) is 0 Å². The molecule has 1 heterocycles. The van der Waals surface area contributed by atoms with E-state index in [0.717, 1.165) is 32.5 Å². The molecule has 0 atom stereocenters. The Labute approximate surface area is 192 Å². The molecular weight excluding hydrogens is 408 g/mol. The highest BCUT2D eigenvalue weighted by Gasteiger charge is 2.19. The summed E-state index contributed by atoms with van der Waals surface area (Å²) in [4.78, 5) is 17.9. The van der Waals surface area contributed by atoms with Gasteiger partial charge in [0.1, 0.15) is 11.4 Å². The first-order valence-corrected chi connectivity index (χ1v) is 10.8. The summed E-state index contributed by atoms with van der Waals surface area (Å²) in [7, 11) is 0. The van der Waals surface area contributed by atoms with Crippen LogP contribution < -0.4 is 5.56 Å². The molecule has 1 aromatic heterocycles. The number of rotatable bonds is 5. The van der Waals surface area contributed by atoms with Crippen molar-refractivity contribution in [2.45, 2.75) is 6.42 Å². The third kappa shape index (κ3) is 4.19. The third-order valence-electron chi connectivity index (χ3n) is 5.62. The van der Waals surface area contributed by atoms with Gasteiger partial charge in [0.25, 0.3) is 0 Å². The van der Waals surface area contributed by atoms with Crippen molar-refractivity contribution >= 4 is 0 Å². The van der Waals surface area contributed by atoms with Gasteiger partial charge in [-0.25, -0.2) is 4.98 Å². The standard InChI is InChI=1S/C29H22N2O2/c32-29-26(20-21-11-10-18-25(19-21)22-12-4-1-5-13-22)30-27(23-14-6-2-7-15-23)28(31(29)33)24-16-8-3-9-17-24/h1-19,33H,20H2. The fourth-order valence-electron chi connectivity index (χ4n) is 4.01. The lowest BCUT2D eigenvalue weighted by molar-refractivity contribution is 0.178. The summed E-state index contributed by atoms with van der Waals surface area (Å²) < 4.78 is 0.737. The molecule has 4 nitrogen and oxygen atoms in total. The van der Waals surface area contributed by atoms with Crippen molar-refractivity contribution in [1.29, 1.82) is 0 Å². The third-order valence-corrected chi connectivity index (χ3v) is 5.62. The van der Waals surface area contributed by atoms with Crippen LogP contribution in [0.15, 0.2) is 120 Å². The van der Waals surface area contributed by atoms with Gasteiger partial charge in [-0.2, -0.15) is 0 Å². The van der Waals surface area contributed by atoms with Gasteiger partial charge in [-0.1, -0.05) is 115 Å². The second-order valence-corrected chi connectivity index (χ2v) is 7.85. The molecule has 5 rings (SSSR count). The quantitative estimate of drug-likeness (QED) is 0.344. The molecule has 0 fully saturated rings. The monoisotopic (exact) mass is 430 g/mol. The summed E-state index contributed by atoms with van der Waals surface area (Å²) in [6.07, 6.45) is 0.314. The zero-order valence-corrected chi connectivity index (χ0v) is 17.9. The van der Waals surface area contributed by atoms with Crippen molar-refractivity contribution < 1.29 is 5.21 Å². The largest absolute Gasteiger partial charge is 0.425 e. The predicted octanol–water partition coefficient (Wildman–Crippen LogP) is 6.07. The molecule has 1 N–H and O–H groups in total. The summed E-state index contributed by atoms with van der Waals surface area (Å²) >= 11 is 0. The van der Waals surface area contributed by atoms with Gasteiger partial charge in [-0.15, -0.1) is 4.73 Å². The number of aromatic nitrogens is 2. The molecular formula is C29H22N2O2. The van der Waals surface area contributed by atoms with Crippen LogP contribution in [-0.4, -0.2) is 14.9 Å². The van der Waals surface area contributed by atoms with Crippen LogP contribution in [0.25, 0.3) is 33.6 Å². The predicted molar refractivity (Wildman–Crippen MR) is 131 cm³/mol. The minimum Gasteiger partial charge on any atom is -0.425 e. The maximum Gasteiger partial charge on any atom is 0.305 e. The highest BCUT2D eigenvalue weighted by atomic mass is 16.5. The second-order valence-electron chi connectivity index (χ2n) is 7.85. The number of hydrogen-bond donors (Lipinski definition) is 1. The molecule has 0 bridgehead atoms. The zero-order valence-electron chi connectivity index (χ0n) is 17.9. The van der Waals surface area contributed by atoms with E-state index in [9.17, 15) is 10.0 Å². The zero-order chi connectivity index (χ0) is 22.6. The molecule has 0 aliphatic heterocycles. The van der Waals surface area contributed by atoms with Gasteiger partial charge >= 0.3 is 5.56 Å². The molecule has 0 aliphatic rings. The van der Waals surface area contributed by atoms with Gasteiger partial charge in [0, 0.05) is 17.5 Å². The molecule has 0 spiro atoms.